The van der Waals surface area contributed by atoms with Crippen LogP contribution in [0.25, 0.3) is 0 Å². The monoisotopic (exact) mass is 254 g/mol. The molecule has 1 heterocycles. The molecule has 1 aromatic heterocycles. The second kappa shape index (κ2) is 6.70. The third-order valence-corrected chi connectivity index (χ3v) is 2.27. The highest BCUT2D eigenvalue weighted by Crippen LogP contribution is 2.08. The third-order valence-electron chi connectivity index (χ3n) is 2.27. The van der Waals surface area contributed by atoms with Crippen LogP contribution in [0.2, 0.25) is 0 Å². The first-order valence-corrected chi connectivity index (χ1v) is 5.80. The van der Waals surface area contributed by atoms with Crippen LogP contribution in [0.15, 0.2) is 6.20 Å². The number of hydrogen-bond acceptors (Lipinski definition) is 5. The van der Waals surface area contributed by atoms with Gasteiger partial charge in [-0.15, -0.1) is 5.10 Å². The SMILES string of the molecule is CCNC(=O)NC(=O)Cn1cc(C(N)CC)nn1. The highest BCUT2D eigenvalue weighted by atomic mass is 16.2. The fourth-order valence-corrected chi connectivity index (χ4v) is 1.29. The van der Waals surface area contributed by atoms with Crippen molar-refractivity contribution < 1.29 is 9.59 Å². The van der Waals surface area contributed by atoms with E-state index in [1.165, 1.54) is 4.68 Å². The molecule has 0 aliphatic rings. The standard InChI is InChI=1S/C10H18N6O2/c1-3-7(11)8-5-16(15-14-8)6-9(17)13-10(18)12-4-2/h5,7H,3-4,6,11H2,1-2H3,(H2,12,13,17,18). The molecule has 1 rings (SSSR count). The van der Waals surface area contributed by atoms with Crippen LogP contribution < -0.4 is 16.4 Å². The molecule has 0 radical (unpaired) electrons. The molecule has 1 aromatic rings. The minimum Gasteiger partial charge on any atom is -0.338 e. The van der Waals surface area contributed by atoms with Crippen LogP contribution in [0.5, 0.6) is 0 Å². The van der Waals surface area contributed by atoms with E-state index < -0.39 is 11.9 Å². The zero-order valence-corrected chi connectivity index (χ0v) is 10.5. The second-order valence-corrected chi connectivity index (χ2v) is 3.76. The number of amides is 3. The third kappa shape index (κ3) is 4.13. The summed E-state index contributed by atoms with van der Waals surface area (Å²) in [5, 5.41) is 12.3. The Morgan fingerprint density at radius 3 is 2.83 bits per heavy atom. The Labute approximate surface area is 105 Å². The van der Waals surface area contributed by atoms with Gasteiger partial charge in [0.05, 0.1) is 17.9 Å². The lowest BCUT2D eigenvalue weighted by Gasteiger charge is -2.04. The van der Waals surface area contributed by atoms with Gasteiger partial charge in [0.2, 0.25) is 5.91 Å². The molecule has 1 unspecified atom stereocenters. The van der Waals surface area contributed by atoms with Gasteiger partial charge < -0.3 is 11.1 Å². The van der Waals surface area contributed by atoms with E-state index in [1.54, 1.807) is 13.1 Å². The van der Waals surface area contributed by atoms with Crippen LogP contribution in [0.1, 0.15) is 32.0 Å². The van der Waals surface area contributed by atoms with Gasteiger partial charge in [-0.2, -0.15) is 0 Å². The van der Waals surface area contributed by atoms with E-state index in [-0.39, 0.29) is 12.6 Å². The van der Waals surface area contributed by atoms with E-state index in [0.29, 0.717) is 12.2 Å². The molecule has 8 heteroatoms. The van der Waals surface area contributed by atoms with E-state index in [2.05, 4.69) is 20.9 Å². The van der Waals surface area contributed by atoms with Crippen LogP contribution in [0.3, 0.4) is 0 Å². The summed E-state index contributed by atoms with van der Waals surface area (Å²) >= 11 is 0. The van der Waals surface area contributed by atoms with Gasteiger partial charge in [0, 0.05) is 6.54 Å². The van der Waals surface area contributed by atoms with Crippen LogP contribution in [0, 0.1) is 0 Å². The van der Waals surface area contributed by atoms with E-state index in [1.807, 2.05) is 6.92 Å². The van der Waals surface area contributed by atoms with Crippen molar-refractivity contribution in [3.8, 4) is 0 Å². The quantitative estimate of drug-likeness (QED) is 0.657. The van der Waals surface area contributed by atoms with Crippen LogP contribution in [-0.4, -0.2) is 33.5 Å². The lowest BCUT2D eigenvalue weighted by Crippen LogP contribution is -2.40. The van der Waals surface area contributed by atoms with Crippen molar-refractivity contribution in [1.82, 2.24) is 25.6 Å². The number of carbonyl (C=O) groups is 2. The largest absolute Gasteiger partial charge is 0.338 e. The van der Waals surface area contributed by atoms with Gasteiger partial charge in [-0.25, -0.2) is 9.48 Å². The van der Waals surface area contributed by atoms with Gasteiger partial charge in [0.25, 0.3) is 0 Å². The molecule has 100 valence electrons. The number of aromatic nitrogens is 3. The first-order chi connectivity index (χ1) is 8.56. The van der Waals surface area contributed by atoms with Gasteiger partial charge in [0.1, 0.15) is 6.54 Å². The van der Waals surface area contributed by atoms with E-state index in [9.17, 15) is 9.59 Å². The minimum atomic E-state index is -0.520. The van der Waals surface area contributed by atoms with E-state index in [4.69, 9.17) is 5.73 Å². The number of nitrogens with zero attached hydrogens (tertiary/aromatic N) is 3. The molecule has 0 saturated carbocycles. The number of rotatable bonds is 5. The molecule has 0 aromatic carbocycles. The predicted molar refractivity (Wildman–Crippen MR) is 64.5 cm³/mol. The Kier molecular flexibility index (Phi) is 5.25. The van der Waals surface area contributed by atoms with Crippen molar-refractivity contribution in [1.29, 1.82) is 0 Å². The minimum absolute atomic E-state index is 0.0689. The molecule has 0 fully saturated rings. The summed E-state index contributed by atoms with van der Waals surface area (Å²) in [6.45, 7) is 4.09. The normalized spacial score (nSPS) is 11.9. The lowest BCUT2D eigenvalue weighted by molar-refractivity contribution is -0.120. The van der Waals surface area contributed by atoms with Gasteiger partial charge >= 0.3 is 6.03 Å². The summed E-state index contributed by atoms with van der Waals surface area (Å²) in [5.41, 5.74) is 6.41. The van der Waals surface area contributed by atoms with Crippen molar-refractivity contribution in [3.63, 3.8) is 0 Å². The molecule has 4 N–H and O–H groups in total. The molecule has 0 saturated heterocycles. The molecule has 8 nitrogen and oxygen atoms in total. The number of hydrogen-bond donors (Lipinski definition) is 3. The first-order valence-electron chi connectivity index (χ1n) is 5.80. The topological polar surface area (TPSA) is 115 Å². The first kappa shape index (κ1) is 14.1. The maximum Gasteiger partial charge on any atom is 0.321 e. The molecule has 3 amide bonds. The smallest absolute Gasteiger partial charge is 0.321 e. The van der Waals surface area contributed by atoms with Crippen molar-refractivity contribution in [3.05, 3.63) is 11.9 Å². The average Bonchev–Trinajstić information content (AvgIpc) is 2.76. The molecular weight excluding hydrogens is 236 g/mol. The van der Waals surface area contributed by atoms with Crippen molar-refractivity contribution in [2.24, 2.45) is 5.73 Å². The summed E-state index contributed by atoms with van der Waals surface area (Å²) in [4.78, 5) is 22.5. The van der Waals surface area contributed by atoms with Gasteiger partial charge in [-0.1, -0.05) is 12.1 Å². The van der Waals surface area contributed by atoms with Crippen LogP contribution in [0.4, 0.5) is 4.79 Å². The van der Waals surface area contributed by atoms with Gasteiger partial charge in [-0.3, -0.25) is 10.1 Å². The van der Waals surface area contributed by atoms with Crippen molar-refractivity contribution in [2.75, 3.05) is 6.54 Å². The van der Waals surface area contributed by atoms with E-state index >= 15 is 0 Å². The summed E-state index contributed by atoms with van der Waals surface area (Å²) in [5.74, 6) is -0.456. The highest BCUT2D eigenvalue weighted by molar-refractivity contribution is 5.94. The molecule has 0 bridgehead atoms. The lowest BCUT2D eigenvalue weighted by atomic mass is 10.2. The zero-order chi connectivity index (χ0) is 13.5. The number of urea groups is 1. The van der Waals surface area contributed by atoms with Crippen LogP contribution >= 0.6 is 0 Å². The Balaban J connectivity index is 2.49. The summed E-state index contributed by atoms with van der Waals surface area (Å²) in [7, 11) is 0. The number of carbonyl (C=O) groups excluding carboxylic acids is 2. The maximum atomic E-state index is 11.5. The maximum absolute atomic E-state index is 11.5. The molecule has 0 aliphatic heterocycles. The molecule has 0 spiro atoms. The fourth-order valence-electron chi connectivity index (χ4n) is 1.29. The van der Waals surface area contributed by atoms with Crippen molar-refractivity contribution >= 4 is 11.9 Å². The Morgan fingerprint density at radius 2 is 2.22 bits per heavy atom. The Bertz CT molecular complexity index is 416. The molecule has 18 heavy (non-hydrogen) atoms. The predicted octanol–water partition coefficient (Wildman–Crippen LogP) is -0.466. The fraction of sp³-hybridized carbons (Fsp3) is 0.600. The van der Waals surface area contributed by atoms with Gasteiger partial charge in [-0.05, 0) is 13.3 Å². The number of nitrogens with two attached hydrogens (primary N) is 1. The Hall–Kier alpha value is -1.96. The van der Waals surface area contributed by atoms with E-state index in [0.717, 1.165) is 6.42 Å². The Morgan fingerprint density at radius 1 is 1.50 bits per heavy atom. The second-order valence-electron chi connectivity index (χ2n) is 3.76. The van der Waals surface area contributed by atoms with Crippen LogP contribution in [-0.2, 0) is 11.3 Å². The van der Waals surface area contributed by atoms with Gasteiger partial charge in [0.15, 0.2) is 0 Å². The molecule has 0 aliphatic carbocycles. The number of nitrogens with one attached hydrogen (secondary N) is 2. The molecule has 1 atom stereocenters. The zero-order valence-electron chi connectivity index (χ0n) is 10.5. The summed E-state index contributed by atoms with van der Waals surface area (Å²) in [6.07, 6.45) is 2.34. The highest BCUT2D eigenvalue weighted by Gasteiger charge is 2.11. The average molecular weight is 254 g/mol. The molecular formula is C10H18N6O2. The number of imide groups is 1. The summed E-state index contributed by atoms with van der Waals surface area (Å²) < 4.78 is 1.35. The summed E-state index contributed by atoms with van der Waals surface area (Å²) in [6, 6.07) is -0.710. The van der Waals surface area contributed by atoms with Crippen molar-refractivity contribution in [2.45, 2.75) is 32.9 Å².